The van der Waals surface area contributed by atoms with Crippen LogP contribution >= 0.6 is 22.9 Å². The van der Waals surface area contributed by atoms with Crippen molar-refractivity contribution >= 4 is 35.1 Å². The van der Waals surface area contributed by atoms with Crippen LogP contribution in [0.4, 0.5) is 0 Å². The molecule has 0 radical (unpaired) electrons. The second kappa shape index (κ2) is 5.80. The molecule has 18 heavy (non-hydrogen) atoms. The van der Waals surface area contributed by atoms with Crippen LogP contribution in [0.3, 0.4) is 0 Å². The van der Waals surface area contributed by atoms with E-state index >= 15 is 0 Å². The van der Waals surface area contributed by atoms with Crippen molar-refractivity contribution in [2.24, 2.45) is 5.10 Å². The predicted molar refractivity (Wildman–Crippen MR) is 75.6 cm³/mol. The number of aryl methyl sites for hydroxylation is 1. The van der Waals surface area contributed by atoms with Crippen LogP contribution in [0.25, 0.3) is 0 Å². The van der Waals surface area contributed by atoms with Crippen LogP contribution in [0.2, 0.25) is 5.02 Å². The van der Waals surface area contributed by atoms with E-state index in [1.54, 1.807) is 41.8 Å². The molecule has 0 aliphatic heterocycles. The molecule has 1 aromatic carbocycles. The Kier molecular flexibility index (Phi) is 4.12. The van der Waals surface area contributed by atoms with Gasteiger partial charge in [0.1, 0.15) is 0 Å². The van der Waals surface area contributed by atoms with Gasteiger partial charge in [-0.25, -0.2) is 5.43 Å². The first kappa shape index (κ1) is 12.8. The van der Waals surface area contributed by atoms with E-state index in [4.69, 9.17) is 11.6 Å². The van der Waals surface area contributed by atoms with Gasteiger partial charge in [-0.3, -0.25) is 4.79 Å². The molecule has 1 aromatic heterocycles. The van der Waals surface area contributed by atoms with E-state index in [1.165, 1.54) is 0 Å². The summed E-state index contributed by atoms with van der Waals surface area (Å²) in [4.78, 5) is 12.8. The van der Waals surface area contributed by atoms with Crippen LogP contribution in [0.1, 0.15) is 20.8 Å². The summed E-state index contributed by atoms with van der Waals surface area (Å²) < 4.78 is 0. The van der Waals surface area contributed by atoms with Crippen molar-refractivity contribution < 1.29 is 4.79 Å². The molecule has 1 N–H and O–H groups in total. The molecule has 0 aliphatic carbocycles. The highest BCUT2D eigenvalue weighted by Crippen LogP contribution is 2.12. The van der Waals surface area contributed by atoms with Crippen molar-refractivity contribution in [3.63, 3.8) is 0 Å². The molecule has 0 saturated carbocycles. The summed E-state index contributed by atoms with van der Waals surface area (Å²) in [5, 5.41) is 6.43. The van der Waals surface area contributed by atoms with E-state index in [1.807, 2.05) is 18.4 Å². The van der Waals surface area contributed by atoms with E-state index < -0.39 is 0 Å². The fourth-order valence-corrected chi connectivity index (χ4v) is 2.34. The molecule has 2 rings (SSSR count). The Bertz CT molecular complexity index is 592. The molecular formula is C13H11ClN2OS. The number of nitrogens with zero attached hydrogens (tertiary/aromatic N) is 1. The minimum atomic E-state index is -0.275. The van der Waals surface area contributed by atoms with Crippen molar-refractivity contribution in [2.75, 3.05) is 0 Å². The van der Waals surface area contributed by atoms with Crippen LogP contribution in [0.15, 0.2) is 40.8 Å². The summed E-state index contributed by atoms with van der Waals surface area (Å²) in [6, 6.07) is 8.74. The molecule has 0 aliphatic rings. The number of benzene rings is 1. The van der Waals surface area contributed by atoms with Gasteiger partial charge in [0.25, 0.3) is 5.91 Å². The number of carbonyl (C=O) groups excluding carboxylic acids is 1. The number of hydrazone groups is 1. The van der Waals surface area contributed by atoms with Gasteiger partial charge in [0.2, 0.25) is 0 Å². The third-order valence-corrected chi connectivity index (χ3v) is 3.52. The second-order valence-corrected chi connectivity index (χ2v) is 5.06. The molecule has 0 saturated heterocycles. The maximum Gasteiger partial charge on any atom is 0.271 e. The Labute approximate surface area is 114 Å². The minimum absolute atomic E-state index is 0.275. The van der Waals surface area contributed by atoms with E-state index in [0.29, 0.717) is 10.6 Å². The van der Waals surface area contributed by atoms with Crippen LogP contribution in [0, 0.1) is 6.92 Å². The molecule has 1 heterocycles. The van der Waals surface area contributed by atoms with Gasteiger partial charge in [0.05, 0.1) is 6.21 Å². The molecule has 0 atom stereocenters. The number of rotatable bonds is 3. The molecular weight excluding hydrogens is 268 g/mol. The van der Waals surface area contributed by atoms with Gasteiger partial charge >= 0.3 is 0 Å². The average Bonchev–Trinajstić information content (AvgIpc) is 2.75. The molecule has 2 aromatic rings. The number of hydrogen-bond donors (Lipinski definition) is 1. The van der Waals surface area contributed by atoms with Crippen molar-refractivity contribution in [3.8, 4) is 0 Å². The Balaban J connectivity index is 2.01. The zero-order valence-corrected chi connectivity index (χ0v) is 11.3. The topological polar surface area (TPSA) is 41.5 Å². The predicted octanol–water partition coefficient (Wildman–Crippen LogP) is 3.47. The highest BCUT2D eigenvalue weighted by atomic mass is 35.5. The van der Waals surface area contributed by atoms with Crippen molar-refractivity contribution in [1.82, 2.24) is 5.43 Å². The van der Waals surface area contributed by atoms with Crippen molar-refractivity contribution in [3.05, 3.63) is 56.7 Å². The normalized spacial score (nSPS) is 10.8. The number of carbonyl (C=O) groups is 1. The van der Waals surface area contributed by atoms with Gasteiger partial charge in [-0.1, -0.05) is 17.7 Å². The summed E-state index contributed by atoms with van der Waals surface area (Å²) in [5.74, 6) is -0.275. The lowest BCUT2D eigenvalue weighted by atomic mass is 10.2. The first-order chi connectivity index (χ1) is 8.66. The number of halogens is 1. The maximum absolute atomic E-state index is 11.7. The molecule has 92 valence electrons. The van der Waals surface area contributed by atoms with Gasteiger partial charge in [-0.15, -0.1) is 11.3 Å². The Morgan fingerprint density at radius 2 is 2.28 bits per heavy atom. The summed E-state index contributed by atoms with van der Waals surface area (Å²) in [5.41, 5.74) is 4.10. The first-order valence-corrected chi connectivity index (χ1v) is 6.55. The molecule has 0 unspecified atom stereocenters. The van der Waals surface area contributed by atoms with Gasteiger partial charge in [-0.2, -0.15) is 5.10 Å². The smallest absolute Gasteiger partial charge is 0.267 e. The van der Waals surface area contributed by atoms with Gasteiger partial charge in [0.15, 0.2) is 0 Å². The highest BCUT2D eigenvalue weighted by molar-refractivity contribution is 7.11. The van der Waals surface area contributed by atoms with Crippen LogP contribution < -0.4 is 5.43 Å². The van der Waals surface area contributed by atoms with Crippen LogP contribution in [-0.2, 0) is 0 Å². The molecule has 5 heteroatoms. The molecule has 1 amide bonds. The van der Waals surface area contributed by atoms with E-state index in [-0.39, 0.29) is 5.91 Å². The first-order valence-electron chi connectivity index (χ1n) is 5.30. The average molecular weight is 279 g/mol. The van der Waals surface area contributed by atoms with Crippen molar-refractivity contribution in [1.29, 1.82) is 0 Å². The van der Waals surface area contributed by atoms with E-state index in [0.717, 1.165) is 10.4 Å². The SMILES string of the molecule is Cc1ccsc1/C=N/NC(=O)c1cccc(Cl)c1. The zero-order valence-electron chi connectivity index (χ0n) is 9.68. The summed E-state index contributed by atoms with van der Waals surface area (Å²) in [6.07, 6.45) is 1.64. The fraction of sp³-hybridized carbons (Fsp3) is 0.0769. The lowest BCUT2D eigenvalue weighted by Gasteiger charge is -1.99. The number of thiophene rings is 1. The third kappa shape index (κ3) is 3.18. The van der Waals surface area contributed by atoms with Crippen molar-refractivity contribution in [2.45, 2.75) is 6.92 Å². The third-order valence-electron chi connectivity index (χ3n) is 2.34. The zero-order chi connectivity index (χ0) is 13.0. The highest BCUT2D eigenvalue weighted by Gasteiger charge is 2.04. The quantitative estimate of drug-likeness (QED) is 0.678. The van der Waals surface area contributed by atoms with Gasteiger partial charge in [0, 0.05) is 15.5 Å². The Hall–Kier alpha value is -1.65. The lowest BCUT2D eigenvalue weighted by Crippen LogP contribution is -2.17. The largest absolute Gasteiger partial charge is 0.271 e. The lowest BCUT2D eigenvalue weighted by molar-refractivity contribution is 0.0955. The summed E-state index contributed by atoms with van der Waals surface area (Å²) >= 11 is 7.39. The van der Waals surface area contributed by atoms with Gasteiger partial charge < -0.3 is 0 Å². The Morgan fingerprint density at radius 1 is 1.44 bits per heavy atom. The standard InChI is InChI=1S/C13H11ClN2OS/c1-9-5-6-18-12(9)8-15-16-13(17)10-3-2-4-11(14)7-10/h2-8H,1H3,(H,16,17)/b15-8+. The maximum atomic E-state index is 11.7. The Morgan fingerprint density at radius 3 is 2.94 bits per heavy atom. The van der Waals surface area contributed by atoms with Crippen LogP contribution in [-0.4, -0.2) is 12.1 Å². The summed E-state index contributed by atoms with van der Waals surface area (Å²) in [6.45, 7) is 2.00. The molecule has 0 fully saturated rings. The van der Waals surface area contributed by atoms with Gasteiger partial charge in [-0.05, 0) is 42.1 Å². The number of hydrogen-bond acceptors (Lipinski definition) is 3. The minimum Gasteiger partial charge on any atom is -0.267 e. The monoisotopic (exact) mass is 278 g/mol. The molecule has 0 spiro atoms. The molecule has 3 nitrogen and oxygen atoms in total. The molecule has 0 bridgehead atoms. The number of amides is 1. The fourth-order valence-electron chi connectivity index (χ4n) is 1.36. The van der Waals surface area contributed by atoms with E-state index in [9.17, 15) is 4.79 Å². The number of nitrogens with one attached hydrogen (secondary N) is 1. The van der Waals surface area contributed by atoms with E-state index in [2.05, 4.69) is 10.5 Å². The second-order valence-electron chi connectivity index (χ2n) is 3.68. The van der Waals surface area contributed by atoms with Crippen LogP contribution in [0.5, 0.6) is 0 Å². The summed E-state index contributed by atoms with van der Waals surface area (Å²) in [7, 11) is 0.